The molecule has 0 atom stereocenters. The molecule has 0 rings (SSSR count). The minimum absolute atomic E-state index is 0.156. The van der Waals surface area contributed by atoms with Crippen molar-refractivity contribution in [1.29, 1.82) is 0 Å². The molecule has 0 aliphatic heterocycles. The summed E-state index contributed by atoms with van der Waals surface area (Å²) in [6, 6.07) is 0. The molecule has 0 aliphatic rings. The Balaban J connectivity index is 3.11. The number of nitrogens with two attached hydrogens (primary N) is 1. The lowest BCUT2D eigenvalue weighted by Gasteiger charge is -2.03. The van der Waals surface area contributed by atoms with Crippen LogP contribution in [0.4, 0.5) is 0 Å². The lowest BCUT2D eigenvalue weighted by Crippen LogP contribution is -2.20. The van der Waals surface area contributed by atoms with Gasteiger partial charge in [-0.15, -0.1) is 0 Å². The Kier molecular flexibility index (Phi) is 8.76. The summed E-state index contributed by atoms with van der Waals surface area (Å²) in [5.41, 5.74) is 4.98. The first-order chi connectivity index (χ1) is 7.16. The van der Waals surface area contributed by atoms with E-state index in [-0.39, 0.29) is 11.9 Å². The van der Waals surface area contributed by atoms with E-state index in [0.29, 0.717) is 19.4 Å². The molecule has 0 heterocycles. The zero-order chi connectivity index (χ0) is 11.5. The Hall–Kier alpha value is -1.10. The maximum atomic E-state index is 10.9. The standard InChI is InChI=1S/C10H20N2O3/c1-2-15-10(14)6-4-8-12-7-3-5-9(11)13/h12H,2-8H2,1H3,(H2,11,13). The number of hydrogen-bond acceptors (Lipinski definition) is 4. The number of carbonyl (C=O) groups excluding carboxylic acids is 2. The van der Waals surface area contributed by atoms with Gasteiger partial charge in [0.15, 0.2) is 0 Å². The molecule has 0 spiro atoms. The highest BCUT2D eigenvalue weighted by Crippen LogP contribution is 1.91. The van der Waals surface area contributed by atoms with Crippen LogP contribution in [0.15, 0.2) is 0 Å². The molecule has 0 aromatic carbocycles. The fraction of sp³-hybridized carbons (Fsp3) is 0.800. The van der Waals surface area contributed by atoms with Crippen molar-refractivity contribution in [1.82, 2.24) is 5.32 Å². The Labute approximate surface area is 90.4 Å². The molecule has 0 unspecified atom stereocenters. The van der Waals surface area contributed by atoms with Crippen LogP contribution in [0.3, 0.4) is 0 Å². The van der Waals surface area contributed by atoms with Gasteiger partial charge in [0.25, 0.3) is 0 Å². The fourth-order valence-electron chi connectivity index (χ4n) is 1.10. The van der Waals surface area contributed by atoms with Crippen LogP contribution in [0.2, 0.25) is 0 Å². The van der Waals surface area contributed by atoms with Gasteiger partial charge in [0.1, 0.15) is 0 Å². The third-order valence-corrected chi connectivity index (χ3v) is 1.82. The van der Waals surface area contributed by atoms with E-state index in [1.54, 1.807) is 6.92 Å². The van der Waals surface area contributed by atoms with E-state index in [0.717, 1.165) is 25.9 Å². The molecular formula is C10H20N2O3. The van der Waals surface area contributed by atoms with E-state index in [4.69, 9.17) is 10.5 Å². The number of esters is 1. The van der Waals surface area contributed by atoms with Gasteiger partial charge in [-0.1, -0.05) is 0 Å². The predicted molar refractivity (Wildman–Crippen MR) is 57.2 cm³/mol. The summed E-state index contributed by atoms with van der Waals surface area (Å²) in [6.45, 7) is 3.74. The van der Waals surface area contributed by atoms with Crippen molar-refractivity contribution in [3.63, 3.8) is 0 Å². The second-order valence-corrected chi connectivity index (χ2v) is 3.23. The molecule has 0 saturated carbocycles. The molecule has 1 amide bonds. The number of carbonyl (C=O) groups is 2. The molecule has 0 bridgehead atoms. The molecule has 0 aromatic heterocycles. The zero-order valence-electron chi connectivity index (χ0n) is 9.25. The van der Waals surface area contributed by atoms with Gasteiger partial charge in [-0.25, -0.2) is 0 Å². The number of nitrogens with one attached hydrogen (secondary N) is 1. The van der Waals surface area contributed by atoms with Gasteiger partial charge in [-0.2, -0.15) is 0 Å². The van der Waals surface area contributed by atoms with Crippen molar-refractivity contribution >= 4 is 11.9 Å². The number of rotatable bonds is 9. The molecule has 0 radical (unpaired) electrons. The molecule has 0 saturated heterocycles. The largest absolute Gasteiger partial charge is 0.466 e. The second-order valence-electron chi connectivity index (χ2n) is 3.23. The summed E-state index contributed by atoms with van der Waals surface area (Å²) in [5, 5.41) is 3.12. The lowest BCUT2D eigenvalue weighted by atomic mass is 10.3. The fourth-order valence-corrected chi connectivity index (χ4v) is 1.10. The van der Waals surface area contributed by atoms with Crippen LogP contribution in [-0.2, 0) is 14.3 Å². The third kappa shape index (κ3) is 10.8. The van der Waals surface area contributed by atoms with Crippen molar-refractivity contribution in [2.75, 3.05) is 19.7 Å². The Bertz CT molecular complexity index is 195. The van der Waals surface area contributed by atoms with Gasteiger partial charge in [-0.3, -0.25) is 9.59 Å². The quantitative estimate of drug-likeness (QED) is 0.425. The number of ether oxygens (including phenoxy) is 1. The summed E-state index contributed by atoms with van der Waals surface area (Å²) in [7, 11) is 0. The van der Waals surface area contributed by atoms with Crippen LogP contribution in [-0.4, -0.2) is 31.6 Å². The summed E-state index contributed by atoms with van der Waals surface area (Å²) in [6.07, 6.45) is 2.35. The molecule has 0 aliphatic carbocycles. The highest BCUT2D eigenvalue weighted by Gasteiger charge is 2.00. The Morgan fingerprint density at radius 1 is 1.20 bits per heavy atom. The Morgan fingerprint density at radius 2 is 1.80 bits per heavy atom. The van der Waals surface area contributed by atoms with Crippen LogP contribution in [0.25, 0.3) is 0 Å². The van der Waals surface area contributed by atoms with Gasteiger partial charge in [0.05, 0.1) is 6.61 Å². The smallest absolute Gasteiger partial charge is 0.305 e. The molecule has 0 fully saturated rings. The molecular weight excluding hydrogens is 196 g/mol. The van der Waals surface area contributed by atoms with E-state index >= 15 is 0 Å². The zero-order valence-corrected chi connectivity index (χ0v) is 9.25. The molecule has 88 valence electrons. The van der Waals surface area contributed by atoms with Crippen LogP contribution in [0.1, 0.15) is 32.6 Å². The number of amides is 1. The first kappa shape index (κ1) is 13.9. The normalized spacial score (nSPS) is 9.93. The van der Waals surface area contributed by atoms with Gasteiger partial charge >= 0.3 is 5.97 Å². The maximum Gasteiger partial charge on any atom is 0.305 e. The van der Waals surface area contributed by atoms with E-state index in [2.05, 4.69) is 5.32 Å². The van der Waals surface area contributed by atoms with Crippen molar-refractivity contribution in [3.8, 4) is 0 Å². The second kappa shape index (κ2) is 9.45. The minimum Gasteiger partial charge on any atom is -0.466 e. The summed E-state index contributed by atoms with van der Waals surface area (Å²) in [5.74, 6) is -0.431. The van der Waals surface area contributed by atoms with Crippen LogP contribution < -0.4 is 11.1 Å². The molecule has 0 aromatic rings. The van der Waals surface area contributed by atoms with E-state index in [1.807, 2.05) is 0 Å². The monoisotopic (exact) mass is 216 g/mol. The van der Waals surface area contributed by atoms with E-state index < -0.39 is 0 Å². The predicted octanol–water partition coefficient (Wildman–Crippen LogP) is 0.185. The van der Waals surface area contributed by atoms with Gasteiger partial charge in [0.2, 0.25) is 5.91 Å². The van der Waals surface area contributed by atoms with Crippen molar-refractivity contribution in [2.45, 2.75) is 32.6 Å². The van der Waals surface area contributed by atoms with Gasteiger partial charge in [-0.05, 0) is 32.9 Å². The average molecular weight is 216 g/mol. The molecule has 15 heavy (non-hydrogen) atoms. The topological polar surface area (TPSA) is 81.4 Å². The number of primary amides is 1. The number of hydrogen-bond donors (Lipinski definition) is 2. The lowest BCUT2D eigenvalue weighted by molar-refractivity contribution is -0.143. The summed E-state index contributed by atoms with van der Waals surface area (Å²) < 4.78 is 4.77. The van der Waals surface area contributed by atoms with Crippen LogP contribution in [0.5, 0.6) is 0 Å². The van der Waals surface area contributed by atoms with Crippen molar-refractivity contribution in [2.24, 2.45) is 5.73 Å². The van der Waals surface area contributed by atoms with Crippen LogP contribution >= 0.6 is 0 Å². The first-order valence-electron chi connectivity index (χ1n) is 5.31. The molecule has 5 nitrogen and oxygen atoms in total. The third-order valence-electron chi connectivity index (χ3n) is 1.82. The van der Waals surface area contributed by atoms with Gasteiger partial charge in [0, 0.05) is 12.8 Å². The Morgan fingerprint density at radius 3 is 2.33 bits per heavy atom. The van der Waals surface area contributed by atoms with Crippen molar-refractivity contribution in [3.05, 3.63) is 0 Å². The molecule has 5 heteroatoms. The summed E-state index contributed by atoms with van der Waals surface area (Å²) >= 11 is 0. The first-order valence-corrected chi connectivity index (χ1v) is 5.31. The van der Waals surface area contributed by atoms with Crippen molar-refractivity contribution < 1.29 is 14.3 Å². The van der Waals surface area contributed by atoms with E-state index in [1.165, 1.54) is 0 Å². The van der Waals surface area contributed by atoms with Gasteiger partial charge < -0.3 is 15.8 Å². The van der Waals surface area contributed by atoms with Crippen LogP contribution in [0, 0.1) is 0 Å². The SMILES string of the molecule is CCOC(=O)CCCNCCCC(N)=O. The summed E-state index contributed by atoms with van der Waals surface area (Å²) in [4.78, 5) is 21.3. The van der Waals surface area contributed by atoms with E-state index in [9.17, 15) is 9.59 Å². The minimum atomic E-state index is -0.275. The average Bonchev–Trinajstić information content (AvgIpc) is 2.16. The highest BCUT2D eigenvalue weighted by molar-refractivity contribution is 5.73. The molecule has 3 N–H and O–H groups in total. The highest BCUT2D eigenvalue weighted by atomic mass is 16.5. The maximum absolute atomic E-state index is 10.9.